The summed E-state index contributed by atoms with van der Waals surface area (Å²) < 4.78 is 52.6. The van der Waals surface area contributed by atoms with Crippen molar-refractivity contribution in [1.82, 2.24) is 9.78 Å². The largest absolute Gasteiger partial charge is 0.276 e. The maximum atomic E-state index is 12.5. The highest BCUT2D eigenvalue weighted by atomic mass is 32.2. The van der Waals surface area contributed by atoms with Gasteiger partial charge < -0.3 is 0 Å². The molecule has 0 saturated carbocycles. The summed E-state index contributed by atoms with van der Waals surface area (Å²) in [7, 11) is -7.76. The third-order valence-corrected chi connectivity index (χ3v) is 6.07. The second kappa shape index (κ2) is 7.67. The monoisotopic (exact) mass is 382 g/mol. The van der Waals surface area contributed by atoms with E-state index in [9.17, 15) is 16.8 Å². The molecular weight excluding hydrogens is 364 g/mol. The van der Waals surface area contributed by atoms with Crippen LogP contribution in [0.2, 0.25) is 0 Å². The smallest absolute Gasteiger partial charge is 0.263 e. The van der Waals surface area contributed by atoms with Gasteiger partial charge in [-0.15, -0.1) is 0 Å². The van der Waals surface area contributed by atoms with E-state index < -0.39 is 19.9 Å². The van der Waals surface area contributed by atoms with E-state index in [4.69, 9.17) is 5.26 Å². The summed E-state index contributed by atoms with van der Waals surface area (Å²) in [6.07, 6.45) is 5.78. The number of aromatic nitrogens is 2. The Morgan fingerprint density at radius 2 is 1.84 bits per heavy atom. The summed E-state index contributed by atoms with van der Waals surface area (Å²) in [5.41, 5.74) is 0.239. The molecule has 25 heavy (non-hydrogen) atoms. The maximum absolute atomic E-state index is 12.5. The zero-order valence-corrected chi connectivity index (χ0v) is 15.2. The molecule has 2 aromatic rings. The Labute approximate surface area is 147 Å². The normalized spacial score (nSPS) is 11.8. The van der Waals surface area contributed by atoms with E-state index in [0.29, 0.717) is 13.0 Å². The first kappa shape index (κ1) is 19.0. The predicted octanol–water partition coefficient (Wildman–Crippen LogP) is 1.78. The standard InChI is InChI=1S/C15H18N4O4S2/c1-24(20,21)14-7-3-4-8-15(14)25(22,23)18-13-11-17-19(12-13)10-6-2-5-9-16/h3-4,7-8,11-12,18H,2,5-6,10H2,1H3. The molecule has 1 aromatic heterocycles. The van der Waals surface area contributed by atoms with Gasteiger partial charge in [0.2, 0.25) is 0 Å². The van der Waals surface area contributed by atoms with Crippen LogP contribution >= 0.6 is 0 Å². The molecule has 8 nitrogen and oxygen atoms in total. The first-order valence-corrected chi connectivity index (χ1v) is 10.8. The lowest BCUT2D eigenvalue weighted by Crippen LogP contribution is -2.16. The van der Waals surface area contributed by atoms with E-state index in [1.165, 1.54) is 36.7 Å². The van der Waals surface area contributed by atoms with Crippen LogP contribution in [-0.2, 0) is 26.4 Å². The second-order valence-electron chi connectivity index (χ2n) is 5.43. The number of rotatable bonds is 8. The molecule has 0 aliphatic rings. The molecule has 0 amide bonds. The number of sulfonamides is 1. The van der Waals surface area contributed by atoms with Gasteiger partial charge in [-0.05, 0) is 25.0 Å². The first-order chi connectivity index (χ1) is 11.7. The third kappa shape index (κ3) is 5.04. The lowest BCUT2D eigenvalue weighted by Gasteiger charge is -2.09. The highest BCUT2D eigenvalue weighted by Crippen LogP contribution is 2.23. The summed E-state index contributed by atoms with van der Waals surface area (Å²) in [5.74, 6) is 0. The van der Waals surface area contributed by atoms with Crippen LogP contribution in [0.25, 0.3) is 0 Å². The van der Waals surface area contributed by atoms with Gasteiger partial charge in [0, 0.05) is 25.4 Å². The Kier molecular flexibility index (Phi) is 5.81. The minimum Gasteiger partial charge on any atom is -0.276 e. The number of nitrogens with one attached hydrogen (secondary N) is 1. The Morgan fingerprint density at radius 3 is 2.48 bits per heavy atom. The number of aryl methyl sites for hydroxylation is 1. The summed E-state index contributed by atoms with van der Waals surface area (Å²) in [6, 6.07) is 7.48. The lowest BCUT2D eigenvalue weighted by molar-refractivity contribution is 0.562. The first-order valence-electron chi connectivity index (χ1n) is 7.45. The van der Waals surface area contributed by atoms with Gasteiger partial charge in [0.1, 0.15) is 4.90 Å². The minimum absolute atomic E-state index is 0.239. The fourth-order valence-electron chi connectivity index (χ4n) is 2.21. The number of hydrogen-bond acceptors (Lipinski definition) is 6. The Bertz CT molecular complexity index is 989. The van der Waals surface area contributed by atoms with Crippen molar-refractivity contribution in [2.24, 2.45) is 0 Å². The molecule has 0 saturated heterocycles. The van der Waals surface area contributed by atoms with Crippen molar-refractivity contribution in [2.75, 3.05) is 11.0 Å². The van der Waals surface area contributed by atoms with E-state index in [1.54, 1.807) is 4.68 Å². The Hall–Kier alpha value is -2.38. The zero-order valence-electron chi connectivity index (χ0n) is 13.6. The van der Waals surface area contributed by atoms with Crippen molar-refractivity contribution in [2.45, 2.75) is 35.6 Å². The lowest BCUT2D eigenvalue weighted by atomic mass is 10.2. The van der Waals surface area contributed by atoms with Crippen molar-refractivity contribution in [3.8, 4) is 6.07 Å². The van der Waals surface area contributed by atoms with Gasteiger partial charge in [0.05, 0.1) is 22.8 Å². The van der Waals surface area contributed by atoms with E-state index in [2.05, 4.69) is 15.9 Å². The van der Waals surface area contributed by atoms with Gasteiger partial charge in [0.15, 0.2) is 9.84 Å². The molecule has 0 bridgehead atoms. The third-order valence-electron chi connectivity index (χ3n) is 3.35. The molecule has 2 rings (SSSR count). The van der Waals surface area contributed by atoms with Crippen LogP contribution in [-0.4, -0.2) is 32.9 Å². The Balaban J connectivity index is 2.18. The molecule has 1 N–H and O–H groups in total. The van der Waals surface area contributed by atoms with E-state index >= 15 is 0 Å². The van der Waals surface area contributed by atoms with Gasteiger partial charge >= 0.3 is 0 Å². The van der Waals surface area contributed by atoms with Gasteiger partial charge in [0.25, 0.3) is 10.0 Å². The van der Waals surface area contributed by atoms with Crippen molar-refractivity contribution in [1.29, 1.82) is 5.26 Å². The number of sulfone groups is 1. The van der Waals surface area contributed by atoms with E-state index in [1.807, 2.05) is 0 Å². The SMILES string of the molecule is CS(=O)(=O)c1ccccc1S(=O)(=O)Nc1cnn(CCCCC#N)c1. The quantitative estimate of drug-likeness (QED) is 0.695. The second-order valence-corrected chi connectivity index (χ2v) is 9.07. The van der Waals surface area contributed by atoms with Crippen molar-refractivity contribution in [3.63, 3.8) is 0 Å². The molecule has 1 heterocycles. The number of benzene rings is 1. The molecule has 0 radical (unpaired) electrons. The Morgan fingerprint density at radius 1 is 1.16 bits per heavy atom. The summed E-state index contributed by atoms with van der Waals surface area (Å²) in [5, 5.41) is 12.5. The van der Waals surface area contributed by atoms with Gasteiger partial charge in [-0.1, -0.05) is 12.1 Å². The van der Waals surface area contributed by atoms with E-state index in [0.717, 1.165) is 19.1 Å². The van der Waals surface area contributed by atoms with Crippen LogP contribution in [0.3, 0.4) is 0 Å². The average molecular weight is 382 g/mol. The molecule has 0 unspecified atom stereocenters. The van der Waals surface area contributed by atoms with Crippen LogP contribution in [0.1, 0.15) is 19.3 Å². The van der Waals surface area contributed by atoms with Gasteiger partial charge in [-0.3, -0.25) is 9.40 Å². The molecule has 0 aliphatic heterocycles. The van der Waals surface area contributed by atoms with E-state index in [-0.39, 0.29) is 15.5 Å². The maximum Gasteiger partial charge on any atom is 0.263 e. The number of hydrogen-bond donors (Lipinski definition) is 1. The number of nitriles is 1. The predicted molar refractivity (Wildman–Crippen MR) is 92.1 cm³/mol. The van der Waals surface area contributed by atoms with Crippen molar-refractivity contribution < 1.29 is 16.8 Å². The summed E-state index contributed by atoms with van der Waals surface area (Å²) >= 11 is 0. The zero-order chi connectivity index (χ0) is 18.5. The van der Waals surface area contributed by atoms with Crippen LogP contribution in [0, 0.1) is 11.3 Å². The molecule has 10 heteroatoms. The minimum atomic E-state index is -4.07. The van der Waals surface area contributed by atoms with Gasteiger partial charge in [-0.25, -0.2) is 16.8 Å². The summed E-state index contributed by atoms with van der Waals surface area (Å²) in [6.45, 7) is 0.559. The van der Waals surface area contributed by atoms with Gasteiger partial charge in [-0.2, -0.15) is 10.4 Å². The number of unbranched alkanes of at least 4 members (excludes halogenated alkanes) is 2. The highest BCUT2D eigenvalue weighted by molar-refractivity contribution is 7.95. The molecule has 0 aliphatic carbocycles. The van der Waals surface area contributed by atoms with Crippen molar-refractivity contribution in [3.05, 3.63) is 36.7 Å². The number of nitrogens with zero attached hydrogens (tertiary/aromatic N) is 3. The van der Waals surface area contributed by atoms with Crippen molar-refractivity contribution >= 4 is 25.5 Å². The average Bonchev–Trinajstić information content (AvgIpc) is 2.97. The van der Waals surface area contributed by atoms with Crippen LogP contribution < -0.4 is 4.72 Å². The molecule has 0 atom stereocenters. The fourth-order valence-corrected chi connectivity index (χ4v) is 4.86. The van der Waals surface area contributed by atoms with Crippen LogP contribution in [0.4, 0.5) is 5.69 Å². The highest BCUT2D eigenvalue weighted by Gasteiger charge is 2.23. The molecule has 1 aromatic carbocycles. The number of anilines is 1. The van der Waals surface area contributed by atoms with Crippen LogP contribution in [0.5, 0.6) is 0 Å². The molecule has 0 spiro atoms. The fraction of sp³-hybridized carbons (Fsp3) is 0.333. The molecular formula is C15H18N4O4S2. The molecule has 0 fully saturated rings. The molecule has 134 valence electrons. The summed E-state index contributed by atoms with van der Waals surface area (Å²) in [4.78, 5) is -0.564. The van der Waals surface area contributed by atoms with Crippen LogP contribution in [0.15, 0.2) is 46.5 Å². The topological polar surface area (TPSA) is 122 Å².